The van der Waals surface area contributed by atoms with Gasteiger partial charge in [0.25, 0.3) is 0 Å². The van der Waals surface area contributed by atoms with E-state index in [1.807, 2.05) is 58.0 Å². The number of carbonyl (C=O) groups is 3. The Bertz CT molecular complexity index is 937. The van der Waals surface area contributed by atoms with E-state index in [4.69, 9.17) is 4.74 Å². The first-order chi connectivity index (χ1) is 15.6. The summed E-state index contributed by atoms with van der Waals surface area (Å²) < 4.78 is 6.61. The SMILES string of the molecule is CC(C)NC(=O)C1N([C@H](C)CO)C(=O)[C@@H]2[C@@H](C(=O)NCc3ccccc3)[C@]3(C)OC12CC3C. The Labute approximate surface area is 195 Å². The summed E-state index contributed by atoms with van der Waals surface area (Å²) in [5.74, 6) is -2.35. The predicted molar refractivity (Wildman–Crippen MR) is 122 cm³/mol. The highest BCUT2D eigenvalue weighted by Crippen LogP contribution is 2.65. The molecule has 3 N–H and O–H groups in total. The van der Waals surface area contributed by atoms with Crippen LogP contribution in [0.3, 0.4) is 0 Å². The van der Waals surface area contributed by atoms with Crippen LogP contribution in [0.5, 0.6) is 0 Å². The van der Waals surface area contributed by atoms with Gasteiger partial charge >= 0.3 is 0 Å². The summed E-state index contributed by atoms with van der Waals surface area (Å²) in [5, 5.41) is 15.8. The van der Waals surface area contributed by atoms with Crippen LogP contribution < -0.4 is 10.6 Å². The van der Waals surface area contributed by atoms with Gasteiger partial charge in [-0.05, 0) is 45.6 Å². The molecule has 1 aromatic rings. The van der Waals surface area contributed by atoms with Gasteiger partial charge in [-0.1, -0.05) is 37.3 Å². The Kier molecular flexibility index (Phi) is 6.03. The van der Waals surface area contributed by atoms with Gasteiger partial charge in [-0.25, -0.2) is 0 Å². The van der Waals surface area contributed by atoms with Gasteiger partial charge < -0.3 is 25.4 Å². The van der Waals surface area contributed by atoms with Crippen molar-refractivity contribution in [1.29, 1.82) is 0 Å². The maximum atomic E-state index is 13.8. The average molecular weight is 458 g/mol. The van der Waals surface area contributed by atoms with Crippen LogP contribution in [0.4, 0.5) is 0 Å². The molecule has 3 amide bonds. The van der Waals surface area contributed by atoms with E-state index >= 15 is 0 Å². The third-order valence-corrected chi connectivity index (χ3v) is 7.76. The summed E-state index contributed by atoms with van der Waals surface area (Å²) in [5.41, 5.74) is -0.987. The first kappa shape index (κ1) is 23.7. The molecular formula is C25H35N3O5. The number of hydrogen-bond donors (Lipinski definition) is 3. The molecular weight excluding hydrogens is 422 g/mol. The van der Waals surface area contributed by atoms with Gasteiger partial charge in [0.15, 0.2) is 0 Å². The third-order valence-electron chi connectivity index (χ3n) is 7.76. The summed E-state index contributed by atoms with van der Waals surface area (Å²) >= 11 is 0. The second-order valence-corrected chi connectivity index (χ2v) is 10.3. The molecule has 1 aromatic carbocycles. The van der Waals surface area contributed by atoms with E-state index in [1.165, 1.54) is 4.90 Å². The number of aliphatic hydroxyl groups is 1. The van der Waals surface area contributed by atoms with Crippen molar-refractivity contribution in [2.75, 3.05) is 6.61 Å². The molecule has 4 rings (SSSR count). The molecule has 33 heavy (non-hydrogen) atoms. The fourth-order valence-corrected chi connectivity index (χ4v) is 6.20. The van der Waals surface area contributed by atoms with Crippen molar-refractivity contribution in [3.63, 3.8) is 0 Å². The smallest absolute Gasteiger partial charge is 0.246 e. The second kappa shape index (κ2) is 8.40. The van der Waals surface area contributed by atoms with Gasteiger partial charge in [-0.15, -0.1) is 0 Å². The molecule has 0 aromatic heterocycles. The lowest BCUT2D eigenvalue weighted by Gasteiger charge is -2.36. The highest BCUT2D eigenvalue weighted by molar-refractivity contribution is 5.99. The standard InChI is InChI=1S/C25H35N3O5/c1-14(2)27-22(31)20-25-11-15(3)24(5,33-25)18(19(25)23(32)28(20)16(4)13-29)21(30)26-12-17-9-7-6-8-10-17/h6-10,14-16,18-20,29H,11-13H2,1-5H3,(H,26,30)(H,27,31)/t15?,16-,18+,19+,20?,24-,25?/m1/s1. The molecule has 7 atom stereocenters. The number of nitrogens with zero attached hydrogens (tertiary/aromatic N) is 1. The van der Waals surface area contributed by atoms with Crippen molar-refractivity contribution in [3.05, 3.63) is 35.9 Å². The fraction of sp³-hybridized carbons (Fsp3) is 0.640. The topological polar surface area (TPSA) is 108 Å². The molecule has 3 aliphatic heterocycles. The van der Waals surface area contributed by atoms with Crippen LogP contribution in [-0.4, -0.2) is 63.7 Å². The molecule has 0 radical (unpaired) electrons. The lowest BCUT2D eigenvalue weighted by Crippen LogP contribution is -2.58. The van der Waals surface area contributed by atoms with Crippen LogP contribution in [-0.2, 0) is 25.7 Å². The minimum Gasteiger partial charge on any atom is -0.394 e. The summed E-state index contributed by atoms with van der Waals surface area (Å²) in [6, 6.07) is 8.02. The molecule has 8 nitrogen and oxygen atoms in total. The van der Waals surface area contributed by atoms with E-state index in [9.17, 15) is 19.5 Å². The number of hydrogen-bond acceptors (Lipinski definition) is 5. The molecule has 3 aliphatic rings. The van der Waals surface area contributed by atoms with E-state index in [1.54, 1.807) is 6.92 Å². The first-order valence-corrected chi connectivity index (χ1v) is 11.8. The largest absolute Gasteiger partial charge is 0.394 e. The van der Waals surface area contributed by atoms with E-state index in [0.29, 0.717) is 13.0 Å². The minimum absolute atomic E-state index is 0.0206. The highest BCUT2D eigenvalue weighted by atomic mass is 16.5. The number of likely N-dealkylation sites (tertiary alicyclic amines) is 1. The molecule has 1 spiro atoms. The summed E-state index contributed by atoms with van der Waals surface area (Å²) in [6.45, 7) is 9.42. The zero-order valence-electron chi connectivity index (χ0n) is 20.0. The minimum atomic E-state index is -1.09. The Morgan fingerprint density at radius 1 is 1.21 bits per heavy atom. The number of carbonyl (C=O) groups excluding carboxylic acids is 3. The molecule has 0 saturated carbocycles. The number of fused-ring (bicyclic) bond motifs is 1. The van der Waals surface area contributed by atoms with Gasteiger partial charge in [0.1, 0.15) is 11.6 Å². The lowest BCUT2D eigenvalue weighted by atomic mass is 9.62. The average Bonchev–Trinajstić information content (AvgIpc) is 3.28. The van der Waals surface area contributed by atoms with Gasteiger partial charge in [-0.2, -0.15) is 0 Å². The van der Waals surface area contributed by atoms with Crippen molar-refractivity contribution < 1.29 is 24.2 Å². The number of rotatable bonds is 7. The molecule has 2 bridgehead atoms. The van der Waals surface area contributed by atoms with Crippen molar-refractivity contribution >= 4 is 17.7 Å². The highest BCUT2D eigenvalue weighted by Gasteiger charge is 2.80. The van der Waals surface area contributed by atoms with E-state index in [0.717, 1.165) is 5.56 Å². The molecule has 3 saturated heterocycles. The Balaban J connectivity index is 1.71. The maximum Gasteiger partial charge on any atom is 0.246 e. The van der Waals surface area contributed by atoms with Crippen molar-refractivity contribution in [2.45, 2.75) is 76.9 Å². The zero-order valence-corrected chi connectivity index (χ0v) is 20.0. The van der Waals surface area contributed by atoms with Gasteiger partial charge in [0.2, 0.25) is 17.7 Å². The van der Waals surface area contributed by atoms with E-state index < -0.39 is 35.1 Å². The number of nitrogens with one attached hydrogen (secondary N) is 2. The van der Waals surface area contributed by atoms with Gasteiger partial charge in [0, 0.05) is 12.6 Å². The van der Waals surface area contributed by atoms with Crippen molar-refractivity contribution in [1.82, 2.24) is 15.5 Å². The fourth-order valence-electron chi connectivity index (χ4n) is 6.20. The first-order valence-electron chi connectivity index (χ1n) is 11.8. The maximum absolute atomic E-state index is 13.8. The van der Waals surface area contributed by atoms with Crippen LogP contribution in [0.2, 0.25) is 0 Å². The molecule has 3 fully saturated rings. The predicted octanol–water partition coefficient (Wildman–Crippen LogP) is 1.22. The van der Waals surface area contributed by atoms with Gasteiger partial charge in [-0.3, -0.25) is 14.4 Å². The van der Waals surface area contributed by atoms with E-state index in [2.05, 4.69) is 10.6 Å². The molecule has 180 valence electrons. The van der Waals surface area contributed by atoms with Crippen LogP contribution in [0.1, 0.15) is 46.6 Å². The second-order valence-electron chi connectivity index (χ2n) is 10.3. The molecule has 8 heteroatoms. The summed E-state index contributed by atoms with van der Waals surface area (Å²) in [7, 11) is 0. The number of amides is 3. The summed E-state index contributed by atoms with van der Waals surface area (Å²) in [6.07, 6.45) is 0.507. The van der Waals surface area contributed by atoms with Crippen LogP contribution in [0.25, 0.3) is 0 Å². The molecule has 3 heterocycles. The van der Waals surface area contributed by atoms with Crippen LogP contribution in [0, 0.1) is 17.8 Å². The number of aliphatic hydroxyl groups excluding tert-OH is 1. The quantitative estimate of drug-likeness (QED) is 0.571. The Morgan fingerprint density at radius 3 is 2.48 bits per heavy atom. The van der Waals surface area contributed by atoms with Crippen molar-refractivity contribution in [3.8, 4) is 0 Å². The normalized spacial score (nSPS) is 35.6. The Morgan fingerprint density at radius 2 is 1.88 bits per heavy atom. The van der Waals surface area contributed by atoms with Gasteiger partial charge in [0.05, 0.1) is 30.1 Å². The monoisotopic (exact) mass is 457 g/mol. The lowest BCUT2D eigenvalue weighted by molar-refractivity contribution is -0.150. The number of ether oxygens (including phenoxy) is 1. The third kappa shape index (κ3) is 3.54. The Hall–Kier alpha value is -2.45. The van der Waals surface area contributed by atoms with Crippen molar-refractivity contribution in [2.24, 2.45) is 17.8 Å². The van der Waals surface area contributed by atoms with Crippen LogP contribution in [0.15, 0.2) is 30.3 Å². The zero-order chi connectivity index (χ0) is 24.1. The van der Waals surface area contributed by atoms with E-state index in [-0.39, 0.29) is 36.3 Å². The molecule has 0 aliphatic carbocycles. The summed E-state index contributed by atoms with van der Waals surface area (Å²) in [4.78, 5) is 42.2. The van der Waals surface area contributed by atoms with Crippen LogP contribution >= 0.6 is 0 Å². The molecule has 3 unspecified atom stereocenters. The number of benzene rings is 1.